The van der Waals surface area contributed by atoms with Crippen molar-refractivity contribution in [1.82, 2.24) is 5.32 Å². The summed E-state index contributed by atoms with van der Waals surface area (Å²) in [6.45, 7) is 4.34. The maximum absolute atomic E-state index is 5.91. The topological polar surface area (TPSA) is 12.0 Å². The average Bonchev–Trinajstić information content (AvgIpc) is 2.40. The van der Waals surface area contributed by atoms with Gasteiger partial charge in [-0.1, -0.05) is 51.8 Å². The minimum atomic E-state index is 0.288. The SMILES string of the molecule is CC(N[C@H](C)c1ccc(Cl)cc1)c1ccc(Br)cc1. The second-order valence-corrected chi connectivity index (χ2v) is 6.07. The second kappa shape index (κ2) is 6.56. The standard InChI is InChI=1S/C16H17BrClN/c1-11(13-3-7-15(17)8-4-13)19-12(2)14-5-9-16(18)10-6-14/h3-12,19H,1-2H3/t11?,12-/m1/s1. The van der Waals surface area contributed by atoms with E-state index in [0.717, 1.165) is 9.50 Å². The van der Waals surface area contributed by atoms with Crippen molar-refractivity contribution in [3.8, 4) is 0 Å². The molecule has 0 saturated heterocycles. The zero-order valence-electron chi connectivity index (χ0n) is 11.0. The van der Waals surface area contributed by atoms with Crippen LogP contribution in [0.4, 0.5) is 0 Å². The molecule has 0 fully saturated rings. The third-order valence-corrected chi connectivity index (χ3v) is 4.02. The van der Waals surface area contributed by atoms with Gasteiger partial charge in [0.2, 0.25) is 0 Å². The van der Waals surface area contributed by atoms with Crippen molar-refractivity contribution in [2.45, 2.75) is 25.9 Å². The highest BCUT2D eigenvalue weighted by molar-refractivity contribution is 9.10. The van der Waals surface area contributed by atoms with Gasteiger partial charge in [-0.2, -0.15) is 0 Å². The fourth-order valence-electron chi connectivity index (χ4n) is 2.07. The molecule has 0 radical (unpaired) electrons. The van der Waals surface area contributed by atoms with Gasteiger partial charge in [0.15, 0.2) is 0 Å². The summed E-state index contributed by atoms with van der Waals surface area (Å²) < 4.78 is 1.11. The van der Waals surface area contributed by atoms with Crippen LogP contribution in [0.2, 0.25) is 5.02 Å². The highest BCUT2D eigenvalue weighted by Gasteiger charge is 2.10. The molecule has 0 amide bonds. The number of nitrogens with one attached hydrogen (secondary N) is 1. The van der Waals surface area contributed by atoms with Gasteiger partial charge < -0.3 is 5.32 Å². The zero-order valence-corrected chi connectivity index (χ0v) is 13.4. The van der Waals surface area contributed by atoms with Gasteiger partial charge >= 0.3 is 0 Å². The van der Waals surface area contributed by atoms with E-state index in [-0.39, 0.29) is 6.04 Å². The van der Waals surface area contributed by atoms with Crippen LogP contribution >= 0.6 is 27.5 Å². The van der Waals surface area contributed by atoms with Gasteiger partial charge in [0, 0.05) is 21.6 Å². The molecule has 3 heteroatoms. The summed E-state index contributed by atoms with van der Waals surface area (Å²) in [5.41, 5.74) is 2.53. The number of rotatable bonds is 4. The normalized spacial score (nSPS) is 14.1. The van der Waals surface area contributed by atoms with Crippen LogP contribution in [0.25, 0.3) is 0 Å². The van der Waals surface area contributed by atoms with E-state index >= 15 is 0 Å². The Labute approximate surface area is 128 Å². The van der Waals surface area contributed by atoms with Gasteiger partial charge in [-0.3, -0.25) is 0 Å². The number of halogens is 2. The average molecular weight is 339 g/mol. The molecule has 1 unspecified atom stereocenters. The molecule has 2 aromatic rings. The van der Waals surface area contributed by atoms with Crippen molar-refractivity contribution in [2.75, 3.05) is 0 Å². The summed E-state index contributed by atoms with van der Waals surface area (Å²) in [4.78, 5) is 0. The van der Waals surface area contributed by atoms with Gasteiger partial charge in [0.1, 0.15) is 0 Å². The first-order valence-electron chi connectivity index (χ1n) is 6.33. The van der Waals surface area contributed by atoms with Gasteiger partial charge in [0.25, 0.3) is 0 Å². The first-order chi connectivity index (χ1) is 9.06. The summed E-state index contributed by atoms with van der Waals surface area (Å²) in [5.74, 6) is 0. The Bertz CT molecular complexity index is 472. The molecular weight excluding hydrogens is 322 g/mol. The van der Waals surface area contributed by atoms with E-state index in [1.165, 1.54) is 11.1 Å². The molecule has 0 saturated carbocycles. The van der Waals surface area contributed by atoms with Crippen LogP contribution in [0.3, 0.4) is 0 Å². The maximum Gasteiger partial charge on any atom is 0.0406 e. The number of hydrogen-bond acceptors (Lipinski definition) is 1. The molecular formula is C16H17BrClN. The van der Waals surface area contributed by atoms with E-state index in [0.29, 0.717) is 6.04 Å². The Hall–Kier alpha value is -0.830. The van der Waals surface area contributed by atoms with Crippen molar-refractivity contribution in [1.29, 1.82) is 0 Å². The second-order valence-electron chi connectivity index (χ2n) is 4.71. The fraction of sp³-hybridized carbons (Fsp3) is 0.250. The molecule has 2 aromatic carbocycles. The van der Waals surface area contributed by atoms with Crippen LogP contribution in [-0.4, -0.2) is 0 Å². The Morgan fingerprint density at radius 3 is 1.74 bits per heavy atom. The summed E-state index contributed by atoms with van der Waals surface area (Å²) in [7, 11) is 0. The van der Waals surface area contributed by atoms with Crippen molar-refractivity contribution < 1.29 is 0 Å². The number of benzene rings is 2. The lowest BCUT2D eigenvalue weighted by Crippen LogP contribution is -2.22. The molecule has 2 atom stereocenters. The molecule has 0 heterocycles. The molecule has 0 aliphatic carbocycles. The van der Waals surface area contributed by atoms with Crippen molar-refractivity contribution in [3.05, 3.63) is 69.2 Å². The molecule has 0 bridgehead atoms. The van der Waals surface area contributed by atoms with E-state index in [4.69, 9.17) is 11.6 Å². The highest BCUT2D eigenvalue weighted by Crippen LogP contribution is 2.22. The fourth-order valence-corrected chi connectivity index (χ4v) is 2.46. The van der Waals surface area contributed by atoms with Crippen molar-refractivity contribution >= 4 is 27.5 Å². The Balaban J connectivity index is 2.03. The maximum atomic E-state index is 5.91. The van der Waals surface area contributed by atoms with Gasteiger partial charge in [-0.25, -0.2) is 0 Å². The lowest BCUT2D eigenvalue weighted by atomic mass is 10.0. The van der Waals surface area contributed by atoms with Crippen LogP contribution in [0.15, 0.2) is 53.0 Å². The lowest BCUT2D eigenvalue weighted by Gasteiger charge is -2.21. The molecule has 1 N–H and O–H groups in total. The van der Waals surface area contributed by atoms with E-state index in [2.05, 4.69) is 71.5 Å². The molecule has 1 nitrogen and oxygen atoms in total. The monoisotopic (exact) mass is 337 g/mol. The summed E-state index contributed by atoms with van der Waals surface area (Å²) in [6.07, 6.45) is 0. The third-order valence-electron chi connectivity index (χ3n) is 3.24. The number of hydrogen-bond donors (Lipinski definition) is 1. The van der Waals surface area contributed by atoms with Crippen LogP contribution < -0.4 is 5.32 Å². The summed E-state index contributed by atoms with van der Waals surface area (Å²) >= 11 is 9.36. The Morgan fingerprint density at radius 2 is 1.26 bits per heavy atom. The van der Waals surface area contributed by atoms with E-state index in [1.807, 2.05) is 12.1 Å². The quantitative estimate of drug-likeness (QED) is 0.774. The summed E-state index contributed by atoms with van der Waals surface area (Å²) in [5, 5.41) is 4.37. The molecule has 0 aliphatic rings. The molecule has 2 rings (SSSR count). The van der Waals surface area contributed by atoms with Crippen LogP contribution in [0.1, 0.15) is 37.1 Å². The Kier molecular flexibility index (Phi) is 5.03. The van der Waals surface area contributed by atoms with Crippen LogP contribution in [0, 0.1) is 0 Å². The van der Waals surface area contributed by atoms with Crippen molar-refractivity contribution in [2.24, 2.45) is 0 Å². The minimum absolute atomic E-state index is 0.288. The zero-order chi connectivity index (χ0) is 13.8. The highest BCUT2D eigenvalue weighted by atomic mass is 79.9. The molecule has 0 spiro atoms. The molecule has 0 aromatic heterocycles. The predicted octanol–water partition coefficient (Wildman–Crippen LogP) is 5.51. The third kappa shape index (κ3) is 4.07. The van der Waals surface area contributed by atoms with E-state index in [9.17, 15) is 0 Å². The first-order valence-corrected chi connectivity index (χ1v) is 7.50. The van der Waals surface area contributed by atoms with Gasteiger partial charge in [-0.05, 0) is 49.2 Å². The Morgan fingerprint density at radius 1 is 0.842 bits per heavy atom. The largest absolute Gasteiger partial charge is 0.304 e. The smallest absolute Gasteiger partial charge is 0.0406 e. The van der Waals surface area contributed by atoms with E-state index < -0.39 is 0 Å². The lowest BCUT2D eigenvalue weighted by molar-refractivity contribution is 0.494. The predicted molar refractivity (Wildman–Crippen MR) is 85.6 cm³/mol. The van der Waals surface area contributed by atoms with Crippen molar-refractivity contribution in [3.63, 3.8) is 0 Å². The van der Waals surface area contributed by atoms with Crippen LogP contribution in [0.5, 0.6) is 0 Å². The molecule has 19 heavy (non-hydrogen) atoms. The van der Waals surface area contributed by atoms with Gasteiger partial charge in [0.05, 0.1) is 0 Å². The van der Waals surface area contributed by atoms with E-state index in [1.54, 1.807) is 0 Å². The molecule has 0 aliphatic heterocycles. The summed E-state index contributed by atoms with van der Waals surface area (Å²) in [6, 6.07) is 17.0. The molecule has 100 valence electrons. The van der Waals surface area contributed by atoms with Crippen LogP contribution in [-0.2, 0) is 0 Å². The first kappa shape index (κ1) is 14.6. The minimum Gasteiger partial charge on any atom is -0.304 e. The van der Waals surface area contributed by atoms with Gasteiger partial charge in [-0.15, -0.1) is 0 Å².